The minimum absolute atomic E-state index is 0.311. The van der Waals surface area contributed by atoms with Gasteiger partial charge in [0.1, 0.15) is 5.75 Å². The predicted octanol–water partition coefficient (Wildman–Crippen LogP) is 4.98. The fraction of sp³-hybridized carbons (Fsp3) is 0.259. The molecule has 4 rings (SSSR count). The van der Waals surface area contributed by atoms with Gasteiger partial charge in [0.05, 0.1) is 6.61 Å². The molecule has 0 bridgehead atoms. The molecule has 2 N–H and O–H groups in total. The van der Waals surface area contributed by atoms with Crippen molar-refractivity contribution in [1.29, 1.82) is 0 Å². The molecule has 0 radical (unpaired) electrons. The summed E-state index contributed by atoms with van der Waals surface area (Å²) in [5.41, 5.74) is 3.82. The lowest BCUT2D eigenvalue weighted by Crippen LogP contribution is -2.25. The molecule has 0 atom stereocenters. The van der Waals surface area contributed by atoms with Gasteiger partial charge in [0, 0.05) is 24.1 Å². The topological polar surface area (TPSA) is 106 Å². The lowest BCUT2D eigenvalue weighted by Gasteiger charge is -2.23. The van der Waals surface area contributed by atoms with Gasteiger partial charge < -0.3 is 24.4 Å². The van der Waals surface area contributed by atoms with E-state index >= 15 is 0 Å². The number of carboxylic acids is 2. The maximum Gasteiger partial charge on any atom is 0.414 e. The maximum atomic E-state index is 9.10. The molecule has 0 amide bonds. The molecule has 0 saturated carbocycles. The minimum Gasteiger partial charge on any atom is -0.494 e. The van der Waals surface area contributed by atoms with Gasteiger partial charge in [-0.2, -0.15) is 0 Å². The van der Waals surface area contributed by atoms with E-state index in [1.807, 2.05) is 25.1 Å². The minimum atomic E-state index is -1.82. The highest BCUT2D eigenvalue weighted by atomic mass is 79.9. The summed E-state index contributed by atoms with van der Waals surface area (Å²) < 4.78 is 17.6. The van der Waals surface area contributed by atoms with E-state index in [4.69, 9.17) is 34.0 Å². The Kier molecular flexibility index (Phi) is 10.1. The number of hydrogen-bond donors (Lipinski definition) is 2. The van der Waals surface area contributed by atoms with Gasteiger partial charge in [0.25, 0.3) is 0 Å². The third-order valence-electron chi connectivity index (χ3n) is 5.27. The zero-order chi connectivity index (χ0) is 25.9. The van der Waals surface area contributed by atoms with Gasteiger partial charge in [-0.25, -0.2) is 9.59 Å². The first-order chi connectivity index (χ1) is 17.3. The highest BCUT2D eigenvalue weighted by molar-refractivity contribution is 9.10. The third-order valence-corrected chi connectivity index (χ3v) is 5.77. The molecule has 1 aliphatic heterocycles. The van der Waals surface area contributed by atoms with Gasteiger partial charge in [-0.1, -0.05) is 46.3 Å². The average Bonchev–Trinajstić information content (AvgIpc) is 3.32. The largest absolute Gasteiger partial charge is 0.494 e. The van der Waals surface area contributed by atoms with Crippen LogP contribution >= 0.6 is 15.9 Å². The first-order valence-electron chi connectivity index (χ1n) is 11.4. The molecule has 0 aliphatic carbocycles. The number of aliphatic carboxylic acids is 2. The molecule has 9 heteroatoms. The molecule has 0 unspecified atom stereocenters. The molecular weight excluding hydrogens is 530 g/mol. The number of ether oxygens (including phenoxy) is 3. The first kappa shape index (κ1) is 27.0. The molecule has 8 nitrogen and oxygen atoms in total. The quantitative estimate of drug-likeness (QED) is 0.355. The van der Waals surface area contributed by atoms with Crippen LogP contribution in [-0.4, -0.2) is 47.0 Å². The Hall–Kier alpha value is -3.56. The Bertz CT molecular complexity index is 1160. The molecule has 36 heavy (non-hydrogen) atoms. The van der Waals surface area contributed by atoms with Crippen LogP contribution in [0.25, 0.3) is 0 Å². The molecule has 0 spiro atoms. The maximum absolute atomic E-state index is 9.10. The second kappa shape index (κ2) is 13.5. The smallest absolute Gasteiger partial charge is 0.414 e. The lowest BCUT2D eigenvalue weighted by atomic mass is 10.1. The second-order valence-corrected chi connectivity index (χ2v) is 8.88. The monoisotopic (exact) mass is 557 g/mol. The fourth-order valence-electron chi connectivity index (χ4n) is 3.61. The number of nitrogens with zero attached hydrogens (tertiary/aromatic N) is 1. The number of carboxylic acid groups (broad SMARTS) is 2. The van der Waals surface area contributed by atoms with Crippen molar-refractivity contribution >= 4 is 27.9 Å². The van der Waals surface area contributed by atoms with Crippen molar-refractivity contribution in [2.45, 2.75) is 26.4 Å². The summed E-state index contributed by atoms with van der Waals surface area (Å²) in [7, 11) is 0. The van der Waals surface area contributed by atoms with Gasteiger partial charge in [-0.05, 0) is 66.4 Å². The number of carbonyl (C=O) groups is 2. The van der Waals surface area contributed by atoms with Crippen molar-refractivity contribution in [2.24, 2.45) is 0 Å². The predicted molar refractivity (Wildman–Crippen MR) is 137 cm³/mol. The number of benzene rings is 3. The standard InChI is InChI=1S/C25H26BrNO3.C2H2O4/c1-2-28-23-9-6-20(7-10-23)16-27(17-21-4-3-5-22(26)14-21)13-12-19-8-11-24-25(15-19)30-18-29-24;3-1(4)2(5)6/h3-11,14-15H,2,12-13,16-18H2,1H3;(H,3,4)(H,5,6). The van der Waals surface area contributed by atoms with E-state index in [9.17, 15) is 0 Å². The molecule has 1 aliphatic rings. The zero-order valence-corrected chi connectivity index (χ0v) is 21.4. The van der Waals surface area contributed by atoms with E-state index < -0.39 is 11.9 Å². The van der Waals surface area contributed by atoms with Crippen LogP contribution in [0.4, 0.5) is 0 Å². The van der Waals surface area contributed by atoms with Crippen LogP contribution in [0.15, 0.2) is 71.2 Å². The van der Waals surface area contributed by atoms with Gasteiger partial charge in [0.2, 0.25) is 6.79 Å². The van der Waals surface area contributed by atoms with Crippen molar-refractivity contribution in [1.82, 2.24) is 4.90 Å². The molecule has 1 heterocycles. The normalized spacial score (nSPS) is 11.5. The molecule has 190 valence electrons. The van der Waals surface area contributed by atoms with Crippen LogP contribution in [0.1, 0.15) is 23.6 Å². The Morgan fingerprint density at radius 3 is 2.22 bits per heavy atom. The molecule has 0 aromatic heterocycles. The number of fused-ring (bicyclic) bond motifs is 1. The number of hydrogen-bond acceptors (Lipinski definition) is 6. The van der Waals surface area contributed by atoms with E-state index in [-0.39, 0.29) is 0 Å². The van der Waals surface area contributed by atoms with Crippen LogP contribution in [0, 0.1) is 0 Å². The summed E-state index contributed by atoms with van der Waals surface area (Å²) in [5.74, 6) is -1.05. The molecule has 3 aromatic carbocycles. The van der Waals surface area contributed by atoms with Gasteiger partial charge in [-0.15, -0.1) is 0 Å². The Morgan fingerprint density at radius 1 is 0.889 bits per heavy atom. The molecule has 0 fully saturated rings. The molecular formula is C27H28BrNO7. The van der Waals surface area contributed by atoms with Crippen LogP contribution in [0.3, 0.4) is 0 Å². The highest BCUT2D eigenvalue weighted by Crippen LogP contribution is 2.32. The van der Waals surface area contributed by atoms with Crippen molar-refractivity contribution < 1.29 is 34.0 Å². The van der Waals surface area contributed by atoms with Crippen LogP contribution in [0.2, 0.25) is 0 Å². The zero-order valence-electron chi connectivity index (χ0n) is 19.9. The van der Waals surface area contributed by atoms with E-state index in [2.05, 4.69) is 69.4 Å². The second-order valence-electron chi connectivity index (χ2n) is 7.97. The van der Waals surface area contributed by atoms with Crippen molar-refractivity contribution in [3.63, 3.8) is 0 Å². The van der Waals surface area contributed by atoms with Gasteiger partial charge in [-0.3, -0.25) is 4.90 Å². The number of rotatable bonds is 9. The Balaban J connectivity index is 0.000000538. The van der Waals surface area contributed by atoms with Gasteiger partial charge in [0.15, 0.2) is 11.5 Å². The number of halogens is 1. The van der Waals surface area contributed by atoms with Crippen LogP contribution < -0.4 is 14.2 Å². The SMILES string of the molecule is CCOc1ccc(CN(CCc2ccc3c(c2)OCO3)Cc2cccc(Br)c2)cc1.O=C(O)C(=O)O. The molecule has 0 saturated heterocycles. The lowest BCUT2D eigenvalue weighted by molar-refractivity contribution is -0.159. The van der Waals surface area contributed by atoms with Crippen molar-refractivity contribution in [3.8, 4) is 17.2 Å². The summed E-state index contributed by atoms with van der Waals surface area (Å²) in [5, 5.41) is 14.8. The Morgan fingerprint density at radius 2 is 1.56 bits per heavy atom. The van der Waals surface area contributed by atoms with E-state index in [1.165, 1.54) is 16.7 Å². The fourth-order valence-corrected chi connectivity index (χ4v) is 4.05. The summed E-state index contributed by atoms with van der Waals surface area (Å²) >= 11 is 3.59. The summed E-state index contributed by atoms with van der Waals surface area (Å²) in [6, 6.07) is 23.1. The first-order valence-corrected chi connectivity index (χ1v) is 12.2. The highest BCUT2D eigenvalue weighted by Gasteiger charge is 2.14. The van der Waals surface area contributed by atoms with Crippen LogP contribution in [-0.2, 0) is 29.1 Å². The Labute approximate surface area is 218 Å². The third kappa shape index (κ3) is 8.58. The van der Waals surface area contributed by atoms with E-state index in [0.717, 1.165) is 47.8 Å². The average molecular weight is 558 g/mol. The molecule has 3 aromatic rings. The summed E-state index contributed by atoms with van der Waals surface area (Å²) in [4.78, 5) is 20.7. The van der Waals surface area contributed by atoms with Gasteiger partial charge >= 0.3 is 11.9 Å². The van der Waals surface area contributed by atoms with E-state index in [1.54, 1.807) is 0 Å². The van der Waals surface area contributed by atoms with Crippen molar-refractivity contribution in [2.75, 3.05) is 19.9 Å². The van der Waals surface area contributed by atoms with E-state index in [0.29, 0.717) is 13.4 Å². The summed E-state index contributed by atoms with van der Waals surface area (Å²) in [6.07, 6.45) is 0.946. The van der Waals surface area contributed by atoms with Crippen LogP contribution in [0.5, 0.6) is 17.2 Å². The van der Waals surface area contributed by atoms with Crippen molar-refractivity contribution in [3.05, 3.63) is 87.9 Å². The summed E-state index contributed by atoms with van der Waals surface area (Å²) in [6.45, 7) is 5.71.